The van der Waals surface area contributed by atoms with Crippen molar-refractivity contribution in [3.63, 3.8) is 0 Å². The Morgan fingerprint density at radius 2 is 1.86 bits per heavy atom. The number of benzene rings is 1. The summed E-state index contributed by atoms with van der Waals surface area (Å²) in [6.07, 6.45) is 1.63. The number of carbonyl (C=O) groups excluding carboxylic acids is 2. The number of esters is 1. The monoisotopic (exact) mass is 397 g/mol. The zero-order valence-corrected chi connectivity index (χ0v) is 17.4. The van der Waals surface area contributed by atoms with E-state index in [9.17, 15) is 9.59 Å². The van der Waals surface area contributed by atoms with Gasteiger partial charge in [0.25, 0.3) is 0 Å². The summed E-state index contributed by atoms with van der Waals surface area (Å²) in [5, 5.41) is 3.27. The fraction of sp³-hybridized carbons (Fsp3) is 0.476. The molecule has 0 aliphatic carbocycles. The van der Waals surface area contributed by atoms with Crippen LogP contribution >= 0.6 is 0 Å². The van der Waals surface area contributed by atoms with E-state index in [1.54, 1.807) is 11.2 Å². The smallest absolute Gasteiger partial charge is 0.359 e. The van der Waals surface area contributed by atoms with Crippen molar-refractivity contribution in [2.24, 2.45) is 0 Å². The molecule has 4 rings (SSSR count). The van der Waals surface area contributed by atoms with Gasteiger partial charge in [0.2, 0.25) is 0 Å². The van der Waals surface area contributed by atoms with Crippen molar-refractivity contribution in [1.29, 1.82) is 0 Å². The first-order chi connectivity index (χ1) is 13.7. The number of ether oxygens (including phenoxy) is 1. The summed E-state index contributed by atoms with van der Waals surface area (Å²) in [5.74, 6) is -0.476. The first-order valence-electron chi connectivity index (χ1n) is 9.92. The molecule has 2 aliphatic heterocycles. The summed E-state index contributed by atoms with van der Waals surface area (Å²) in [6.45, 7) is 10.6. The molecule has 2 amide bonds. The Balaban J connectivity index is 1.75. The Hall–Kier alpha value is -2.87. The Bertz CT molecular complexity index is 954. The maximum atomic E-state index is 13.3. The average Bonchev–Trinajstić information content (AvgIpc) is 3.10. The van der Waals surface area contributed by atoms with Crippen molar-refractivity contribution in [1.82, 2.24) is 19.8 Å². The molecule has 1 aromatic heterocycles. The summed E-state index contributed by atoms with van der Waals surface area (Å²) in [6, 6.07) is 5.91. The number of nitrogens with one attached hydrogen (secondary N) is 1. The molecule has 1 saturated heterocycles. The maximum Gasteiger partial charge on any atom is 0.359 e. The lowest BCUT2D eigenvalue weighted by Gasteiger charge is -2.36. The summed E-state index contributed by atoms with van der Waals surface area (Å²) in [4.78, 5) is 34.0. The number of urea groups is 1. The number of imidazole rings is 1. The molecule has 29 heavy (non-hydrogen) atoms. The third-order valence-corrected chi connectivity index (χ3v) is 5.07. The Morgan fingerprint density at radius 3 is 2.55 bits per heavy atom. The molecule has 8 nitrogen and oxygen atoms in total. The zero-order valence-electron chi connectivity index (χ0n) is 17.4. The van der Waals surface area contributed by atoms with Gasteiger partial charge < -0.3 is 15.0 Å². The number of fused-ring (bicyclic) bond motifs is 3. The van der Waals surface area contributed by atoms with E-state index >= 15 is 0 Å². The molecule has 0 spiro atoms. The van der Waals surface area contributed by atoms with Crippen molar-refractivity contribution in [2.75, 3.05) is 31.1 Å². The number of rotatable bonds is 1. The Kier molecular flexibility index (Phi) is 4.82. The van der Waals surface area contributed by atoms with Crippen LogP contribution in [0.3, 0.4) is 0 Å². The first kappa shape index (κ1) is 19.4. The largest absolute Gasteiger partial charge is 0.455 e. The van der Waals surface area contributed by atoms with Crippen LogP contribution in [0.5, 0.6) is 0 Å². The molecule has 2 aromatic rings. The number of piperazine rings is 1. The highest BCUT2D eigenvalue weighted by atomic mass is 16.6. The van der Waals surface area contributed by atoms with E-state index in [4.69, 9.17) is 4.74 Å². The number of carbonyl (C=O) groups is 2. The normalized spacial score (nSPS) is 16.3. The van der Waals surface area contributed by atoms with Crippen LogP contribution in [0.4, 0.5) is 10.5 Å². The highest BCUT2D eigenvalue weighted by Crippen LogP contribution is 2.35. The van der Waals surface area contributed by atoms with E-state index in [0.717, 1.165) is 30.0 Å². The number of anilines is 1. The molecule has 0 saturated carbocycles. The zero-order chi connectivity index (χ0) is 20.8. The molecular formula is C21H27N5O3. The van der Waals surface area contributed by atoms with Gasteiger partial charge in [0.15, 0.2) is 5.69 Å². The quantitative estimate of drug-likeness (QED) is 0.748. The minimum atomic E-state index is -0.617. The van der Waals surface area contributed by atoms with Crippen LogP contribution in [0, 0.1) is 6.92 Å². The number of aryl methyl sites for hydroxylation is 1. The van der Waals surface area contributed by atoms with Crippen LogP contribution in [-0.4, -0.2) is 58.2 Å². The summed E-state index contributed by atoms with van der Waals surface area (Å²) >= 11 is 0. The first-order valence-corrected chi connectivity index (χ1v) is 9.92. The number of amides is 2. The fourth-order valence-corrected chi connectivity index (χ4v) is 3.72. The van der Waals surface area contributed by atoms with Gasteiger partial charge in [-0.25, -0.2) is 14.6 Å². The number of hydrogen-bond donors (Lipinski definition) is 1. The van der Waals surface area contributed by atoms with Crippen LogP contribution in [-0.2, 0) is 11.3 Å². The molecule has 1 N–H and O–H groups in total. The minimum absolute atomic E-state index is 0.0547. The van der Waals surface area contributed by atoms with Crippen LogP contribution in [0.1, 0.15) is 42.5 Å². The van der Waals surface area contributed by atoms with E-state index in [2.05, 4.69) is 10.3 Å². The van der Waals surface area contributed by atoms with Gasteiger partial charge in [0, 0.05) is 26.2 Å². The van der Waals surface area contributed by atoms with E-state index < -0.39 is 11.6 Å². The van der Waals surface area contributed by atoms with Crippen molar-refractivity contribution >= 4 is 17.7 Å². The van der Waals surface area contributed by atoms with Crippen LogP contribution in [0.15, 0.2) is 24.5 Å². The van der Waals surface area contributed by atoms with Gasteiger partial charge in [-0.2, -0.15) is 0 Å². The van der Waals surface area contributed by atoms with Crippen molar-refractivity contribution < 1.29 is 14.3 Å². The van der Waals surface area contributed by atoms with E-state index in [1.165, 1.54) is 0 Å². The number of hydrogen-bond acceptors (Lipinski definition) is 5. The van der Waals surface area contributed by atoms with Crippen LogP contribution < -0.4 is 10.2 Å². The predicted octanol–water partition coefficient (Wildman–Crippen LogP) is 2.48. The molecular weight excluding hydrogens is 370 g/mol. The van der Waals surface area contributed by atoms with Crippen LogP contribution in [0.25, 0.3) is 5.69 Å². The van der Waals surface area contributed by atoms with E-state index in [0.29, 0.717) is 18.8 Å². The summed E-state index contributed by atoms with van der Waals surface area (Å²) < 4.78 is 7.41. The average molecular weight is 397 g/mol. The van der Waals surface area contributed by atoms with Gasteiger partial charge in [-0.05, 0) is 45.4 Å². The Morgan fingerprint density at radius 1 is 1.14 bits per heavy atom. The van der Waals surface area contributed by atoms with E-state index in [1.807, 2.05) is 55.4 Å². The third-order valence-electron chi connectivity index (χ3n) is 5.07. The number of nitrogens with zero attached hydrogens (tertiary/aromatic N) is 4. The molecule has 0 radical (unpaired) electrons. The molecule has 0 bridgehead atoms. The van der Waals surface area contributed by atoms with Crippen molar-refractivity contribution in [2.45, 2.75) is 39.8 Å². The van der Waals surface area contributed by atoms with Gasteiger partial charge in [0.05, 0.1) is 23.6 Å². The minimum Gasteiger partial charge on any atom is -0.455 e. The lowest BCUT2D eigenvalue weighted by atomic mass is 10.1. The van der Waals surface area contributed by atoms with Gasteiger partial charge in [0.1, 0.15) is 11.9 Å². The predicted molar refractivity (Wildman–Crippen MR) is 109 cm³/mol. The van der Waals surface area contributed by atoms with Gasteiger partial charge in [-0.1, -0.05) is 6.07 Å². The highest BCUT2D eigenvalue weighted by Gasteiger charge is 2.34. The topological polar surface area (TPSA) is 79.7 Å². The molecule has 3 heterocycles. The molecule has 0 unspecified atom stereocenters. The third kappa shape index (κ3) is 3.72. The Labute approximate surface area is 170 Å². The highest BCUT2D eigenvalue weighted by molar-refractivity contribution is 5.97. The molecule has 1 aromatic carbocycles. The van der Waals surface area contributed by atoms with Gasteiger partial charge >= 0.3 is 12.0 Å². The van der Waals surface area contributed by atoms with Crippen molar-refractivity contribution in [3.8, 4) is 5.69 Å². The second-order valence-corrected chi connectivity index (χ2v) is 8.51. The molecule has 2 aliphatic rings. The van der Waals surface area contributed by atoms with E-state index in [-0.39, 0.29) is 18.3 Å². The van der Waals surface area contributed by atoms with Gasteiger partial charge in [-0.15, -0.1) is 0 Å². The second-order valence-electron chi connectivity index (χ2n) is 8.51. The maximum absolute atomic E-state index is 13.3. The summed E-state index contributed by atoms with van der Waals surface area (Å²) in [7, 11) is 0. The fourth-order valence-electron chi connectivity index (χ4n) is 3.72. The summed E-state index contributed by atoms with van der Waals surface area (Å²) in [5.41, 5.74) is 3.03. The standard InChI is InChI=1S/C21H27N5O3/c1-14-5-6-15-16(11-14)25(20(28)24-9-7-22-8-10-24)12-17-18(23-13-26(15)17)19(27)29-21(2,3)4/h5-6,11,13,22H,7-10,12H2,1-4H3. The lowest BCUT2D eigenvalue weighted by Crippen LogP contribution is -2.52. The molecule has 0 atom stereocenters. The molecule has 8 heteroatoms. The second kappa shape index (κ2) is 7.18. The van der Waals surface area contributed by atoms with Crippen molar-refractivity contribution in [3.05, 3.63) is 41.5 Å². The lowest BCUT2D eigenvalue weighted by molar-refractivity contribution is 0.00619. The SMILES string of the molecule is Cc1ccc2c(c1)N(C(=O)N1CCNCC1)Cc1c(C(=O)OC(C)(C)C)ncn1-2. The van der Waals surface area contributed by atoms with Gasteiger partial charge in [-0.3, -0.25) is 9.47 Å². The van der Waals surface area contributed by atoms with Crippen LogP contribution in [0.2, 0.25) is 0 Å². The molecule has 154 valence electrons. The number of aromatic nitrogens is 2. The molecule has 1 fully saturated rings.